The summed E-state index contributed by atoms with van der Waals surface area (Å²) in [6, 6.07) is 28.8. The molecular formula is C32H19N3S. The molecule has 2 aliphatic rings. The smallest absolute Gasteiger partial charge is 0.162 e. The molecule has 1 aliphatic carbocycles. The van der Waals surface area contributed by atoms with Crippen LogP contribution in [0.4, 0.5) is 11.5 Å². The Hall–Kier alpha value is -4.41. The van der Waals surface area contributed by atoms with Crippen LogP contribution >= 0.6 is 11.3 Å². The molecule has 3 nitrogen and oxygen atoms in total. The van der Waals surface area contributed by atoms with Gasteiger partial charge in [-0.3, -0.25) is 4.40 Å². The summed E-state index contributed by atoms with van der Waals surface area (Å²) in [7, 11) is 0. The Kier molecular flexibility index (Phi) is 3.47. The summed E-state index contributed by atoms with van der Waals surface area (Å²) in [5.74, 6) is 1.01. The Morgan fingerprint density at radius 3 is 2.61 bits per heavy atom. The van der Waals surface area contributed by atoms with E-state index in [-0.39, 0.29) is 6.04 Å². The van der Waals surface area contributed by atoms with Gasteiger partial charge in [0.1, 0.15) is 0 Å². The molecule has 0 saturated carbocycles. The molecule has 1 aliphatic heterocycles. The summed E-state index contributed by atoms with van der Waals surface area (Å²) >= 11 is 1.89. The lowest BCUT2D eigenvalue weighted by Crippen LogP contribution is -2.29. The number of hydrogen-bond donors (Lipinski definition) is 1. The van der Waals surface area contributed by atoms with Crippen LogP contribution in [0.2, 0.25) is 0 Å². The number of benzene rings is 4. The third-order valence-electron chi connectivity index (χ3n) is 7.72. The SMILES string of the molecule is C1=CC2=Nc3c(c4c5sc6ccc(-c7ccccc7)cc6c5cc5c6ccccc6n3c54)NC2C=C1. The molecule has 3 aromatic heterocycles. The van der Waals surface area contributed by atoms with E-state index in [1.165, 1.54) is 58.5 Å². The van der Waals surface area contributed by atoms with Crippen LogP contribution in [0, 0.1) is 0 Å². The van der Waals surface area contributed by atoms with Gasteiger partial charge in [-0.25, -0.2) is 4.99 Å². The van der Waals surface area contributed by atoms with E-state index in [0.717, 1.165) is 17.2 Å². The number of thiophene rings is 1. The summed E-state index contributed by atoms with van der Waals surface area (Å²) < 4.78 is 5.02. The number of hydrogen-bond acceptors (Lipinski definition) is 3. The van der Waals surface area contributed by atoms with Crippen LogP contribution in [0.25, 0.3) is 58.5 Å². The van der Waals surface area contributed by atoms with Gasteiger partial charge in [0.15, 0.2) is 5.82 Å². The second-order valence-electron chi connectivity index (χ2n) is 9.66. The minimum atomic E-state index is 0.106. The highest BCUT2D eigenvalue weighted by molar-refractivity contribution is 7.26. The number of nitrogens with zero attached hydrogens (tertiary/aromatic N) is 2. The fourth-order valence-corrected chi connectivity index (χ4v) is 7.34. The van der Waals surface area contributed by atoms with Crippen LogP contribution in [-0.4, -0.2) is 16.2 Å². The molecule has 36 heavy (non-hydrogen) atoms. The van der Waals surface area contributed by atoms with Gasteiger partial charge in [-0.1, -0.05) is 72.8 Å². The third-order valence-corrected chi connectivity index (χ3v) is 8.92. The Morgan fingerprint density at radius 1 is 0.778 bits per heavy atom. The Morgan fingerprint density at radius 2 is 1.67 bits per heavy atom. The van der Waals surface area contributed by atoms with E-state index in [9.17, 15) is 0 Å². The zero-order chi connectivity index (χ0) is 23.4. The van der Waals surface area contributed by atoms with Gasteiger partial charge in [0.05, 0.1) is 28.5 Å². The van der Waals surface area contributed by atoms with E-state index in [2.05, 4.69) is 113 Å². The minimum Gasteiger partial charge on any atom is -0.370 e. The maximum atomic E-state index is 5.21. The molecule has 0 fully saturated rings. The van der Waals surface area contributed by atoms with Gasteiger partial charge in [0.2, 0.25) is 0 Å². The highest BCUT2D eigenvalue weighted by Gasteiger charge is 2.30. The number of fused-ring (bicyclic) bond motifs is 11. The Balaban J connectivity index is 1.47. The first-order valence-corrected chi connectivity index (χ1v) is 13.1. The van der Waals surface area contributed by atoms with Crippen molar-refractivity contribution in [2.24, 2.45) is 4.99 Å². The highest BCUT2D eigenvalue weighted by atomic mass is 32.1. The predicted octanol–water partition coefficient (Wildman–Crippen LogP) is 8.71. The third kappa shape index (κ3) is 2.30. The highest BCUT2D eigenvalue weighted by Crippen LogP contribution is 2.52. The molecule has 7 aromatic rings. The van der Waals surface area contributed by atoms with E-state index in [1.54, 1.807) is 0 Å². The summed E-state index contributed by atoms with van der Waals surface area (Å²) in [6.45, 7) is 0. The average Bonchev–Trinajstić information content (AvgIpc) is 3.57. The molecule has 0 spiro atoms. The van der Waals surface area contributed by atoms with Crippen LogP contribution in [0.15, 0.2) is 108 Å². The van der Waals surface area contributed by atoms with Crippen molar-refractivity contribution >= 4 is 75.9 Å². The molecule has 0 amide bonds. The molecule has 1 atom stereocenters. The first-order chi connectivity index (χ1) is 17.8. The van der Waals surface area contributed by atoms with Gasteiger partial charge in [-0.2, -0.15) is 0 Å². The fourth-order valence-electron chi connectivity index (χ4n) is 6.12. The van der Waals surface area contributed by atoms with Crippen molar-refractivity contribution in [2.45, 2.75) is 6.04 Å². The summed E-state index contributed by atoms with van der Waals surface area (Å²) in [6.07, 6.45) is 8.49. The second kappa shape index (κ2) is 6.62. The molecular weight excluding hydrogens is 458 g/mol. The number of allylic oxidation sites excluding steroid dienone is 2. The predicted molar refractivity (Wildman–Crippen MR) is 155 cm³/mol. The van der Waals surface area contributed by atoms with E-state index in [4.69, 9.17) is 4.99 Å². The van der Waals surface area contributed by atoms with Crippen LogP contribution in [0.1, 0.15) is 0 Å². The van der Waals surface area contributed by atoms with Gasteiger partial charge in [-0.05, 0) is 41.5 Å². The van der Waals surface area contributed by atoms with E-state index >= 15 is 0 Å². The molecule has 4 heteroatoms. The maximum Gasteiger partial charge on any atom is 0.162 e. The molecule has 1 N–H and O–H groups in total. The van der Waals surface area contributed by atoms with Crippen molar-refractivity contribution in [1.29, 1.82) is 0 Å². The van der Waals surface area contributed by atoms with Crippen LogP contribution in [-0.2, 0) is 0 Å². The number of para-hydroxylation sites is 1. The maximum absolute atomic E-state index is 5.21. The fraction of sp³-hybridized carbons (Fsp3) is 0.0312. The number of nitrogens with one attached hydrogen (secondary N) is 1. The normalized spacial score (nSPS) is 16.8. The first kappa shape index (κ1) is 18.9. The van der Waals surface area contributed by atoms with Crippen LogP contribution < -0.4 is 5.32 Å². The summed E-state index contributed by atoms with van der Waals surface area (Å²) in [5.41, 5.74) is 7.20. The van der Waals surface area contributed by atoms with Gasteiger partial charge >= 0.3 is 0 Å². The van der Waals surface area contributed by atoms with Gasteiger partial charge < -0.3 is 5.32 Å². The Bertz CT molecular complexity index is 2120. The zero-order valence-corrected chi connectivity index (χ0v) is 20.0. The van der Waals surface area contributed by atoms with Gasteiger partial charge in [0.25, 0.3) is 0 Å². The monoisotopic (exact) mass is 477 g/mol. The number of aromatic nitrogens is 1. The van der Waals surface area contributed by atoms with E-state index < -0.39 is 0 Å². The molecule has 9 rings (SSSR count). The van der Waals surface area contributed by atoms with Crippen molar-refractivity contribution in [3.63, 3.8) is 0 Å². The number of aliphatic imine (C=N–C) groups is 1. The molecule has 1 unspecified atom stereocenters. The molecule has 0 bridgehead atoms. The molecule has 4 aromatic carbocycles. The van der Waals surface area contributed by atoms with E-state index in [0.29, 0.717) is 0 Å². The Labute approximate surface area is 210 Å². The lowest BCUT2D eigenvalue weighted by molar-refractivity contribution is 1.11. The van der Waals surface area contributed by atoms with Crippen molar-refractivity contribution in [3.05, 3.63) is 103 Å². The number of rotatable bonds is 1. The molecule has 168 valence electrons. The average molecular weight is 478 g/mol. The zero-order valence-electron chi connectivity index (χ0n) is 19.2. The van der Waals surface area contributed by atoms with Crippen LogP contribution in [0.3, 0.4) is 0 Å². The van der Waals surface area contributed by atoms with Crippen molar-refractivity contribution in [3.8, 4) is 11.1 Å². The van der Waals surface area contributed by atoms with Crippen molar-refractivity contribution in [1.82, 2.24) is 4.40 Å². The lowest BCUT2D eigenvalue weighted by Gasteiger charge is -2.23. The number of anilines is 1. The molecule has 0 radical (unpaired) electrons. The van der Waals surface area contributed by atoms with Gasteiger partial charge in [0, 0.05) is 36.3 Å². The van der Waals surface area contributed by atoms with E-state index in [1.807, 2.05) is 11.3 Å². The first-order valence-electron chi connectivity index (χ1n) is 12.3. The molecule has 4 heterocycles. The topological polar surface area (TPSA) is 28.8 Å². The molecule has 0 saturated heterocycles. The summed E-state index contributed by atoms with van der Waals surface area (Å²) in [4.78, 5) is 5.21. The standard InChI is InChI=1S/C32H19N3S/c1-2-8-18(9-3-1)19-14-15-27-21(16-19)23-17-22-20-10-4-7-13-26(20)35-30(22)28(31(23)36-27)29-32(35)34-25-12-6-5-11-24(25)33-29/h1-17,24,33H. The quantitative estimate of drug-likeness (QED) is 0.252. The van der Waals surface area contributed by atoms with Crippen molar-refractivity contribution < 1.29 is 0 Å². The van der Waals surface area contributed by atoms with Gasteiger partial charge in [-0.15, -0.1) is 11.3 Å². The van der Waals surface area contributed by atoms with Crippen molar-refractivity contribution in [2.75, 3.05) is 5.32 Å². The lowest BCUT2D eigenvalue weighted by atomic mass is 10.00. The largest absolute Gasteiger partial charge is 0.370 e. The van der Waals surface area contributed by atoms with Crippen LogP contribution in [0.5, 0.6) is 0 Å². The minimum absolute atomic E-state index is 0.106. The summed E-state index contributed by atoms with van der Waals surface area (Å²) in [5, 5.41) is 10.4. The second-order valence-corrected chi connectivity index (χ2v) is 10.7.